The van der Waals surface area contributed by atoms with Gasteiger partial charge in [-0.15, -0.1) is 5.10 Å². The fourth-order valence-corrected chi connectivity index (χ4v) is 3.05. The lowest BCUT2D eigenvalue weighted by atomic mass is 10.2. The molecule has 1 fully saturated rings. The molecule has 0 saturated carbocycles. The summed E-state index contributed by atoms with van der Waals surface area (Å²) in [4.78, 5) is 16.5. The number of rotatable bonds is 7. The summed E-state index contributed by atoms with van der Waals surface area (Å²) in [5, 5.41) is 18.1. The number of benzene rings is 1. The number of carbonyl (C=O) groups excluding carboxylic acids is 1. The lowest BCUT2D eigenvalue weighted by Crippen LogP contribution is -2.51. The van der Waals surface area contributed by atoms with Crippen LogP contribution in [0.15, 0.2) is 24.3 Å². The molecule has 25 heavy (non-hydrogen) atoms. The third-order valence-electron chi connectivity index (χ3n) is 4.41. The van der Waals surface area contributed by atoms with Gasteiger partial charge in [-0.25, -0.2) is 4.68 Å². The number of ether oxygens (including phenoxy) is 1. The molecule has 1 N–H and O–H groups in total. The molecule has 1 atom stereocenters. The number of nitrogens with zero attached hydrogens (tertiary/aromatic N) is 5. The number of carbonyl (C=O) groups is 1. The molecule has 0 spiro atoms. The third-order valence-corrected chi connectivity index (χ3v) is 4.41. The number of fused-ring (bicyclic) bond motifs is 1. The van der Waals surface area contributed by atoms with Crippen molar-refractivity contribution < 1.29 is 14.6 Å². The van der Waals surface area contributed by atoms with Gasteiger partial charge in [0.25, 0.3) is 0 Å². The first-order valence-electron chi connectivity index (χ1n) is 8.71. The quantitative estimate of drug-likeness (QED) is 0.757. The van der Waals surface area contributed by atoms with E-state index in [2.05, 4.69) is 15.2 Å². The van der Waals surface area contributed by atoms with Crippen molar-refractivity contribution in [2.24, 2.45) is 0 Å². The summed E-state index contributed by atoms with van der Waals surface area (Å²) >= 11 is 0. The van der Waals surface area contributed by atoms with Gasteiger partial charge in [0.1, 0.15) is 12.1 Å². The van der Waals surface area contributed by atoms with Crippen LogP contribution in [0.2, 0.25) is 0 Å². The van der Waals surface area contributed by atoms with Crippen molar-refractivity contribution in [3.05, 3.63) is 24.3 Å². The fraction of sp³-hybridized carbons (Fsp3) is 0.588. The Morgan fingerprint density at radius 3 is 2.80 bits per heavy atom. The number of hydrogen-bond donors (Lipinski definition) is 1. The molecule has 1 aliphatic rings. The van der Waals surface area contributed by atoms with Gasteiger partial charge in [-0.1, -0.05) is 17.3 Å². The minimum Gasteiger partial charge on any atom is -0.389 e. The Morgan fingerprint density at radius 1 is 1.28 bits per heavy atom. The number of aliphatic hydroxyl groups excluding tert-OH is 1. The average molecular weight is 347 g/mol. The lowest BCUT2D eigenvalue weighted by molar-refractivity contribution is -0.134. The van der Waals surface area contributed by atoms with E-state index in [-0.39, 0.29) is 12.5 Å². The molecule has 2 heterocycles. The number of para-hydroxylation sites is 1. The first kappa shape index (κ1) is 17.8. The summed E-state index contributed by atoms with van der Waals surface area (Å²) in [7, 11) is 0. The molecule has 0 radical (unpaired) electrons. The van der Waals surface area contributed by atoms with Crippen molar-refractivity contribution in [1.29, 1.82) is 0 Å². The number of amides is 1. The average Bonchev–Trinajstić information content (AvgIpc) is 3.03. The molecular formula is C17H25N5O3. The van der Waals surface area contributed by atoms with E-state index >= 15 is 0 Å². The van der Waals surface area contributed by atoms with Gasteiger partial charge in [-0.3, -0.25) is 9.69 Å². The van der Waals surface area contributed by atoms with E-state index in [4.69, 9.17) is 4.74 Å². The first-order chi connectivity index (χ1) is 12.2. The second-order valence-electron chi connectivity index (χ2n) is 6.23. The summed E-state index contributed by atoms with van der Waals surface area (Å²) in [6.07, 6.45) is -0.483. The van der Waals surface area contributed by atoms with Crippen LogP contribution in [0.25, 0.3) is 11.0 Å². The second kappa shape index (κ2) is 8.37. The van der Waals surface area contributed by atoms with E-state index in [1.54, 1.807) is 4.68 Å². The molecule has 3 rings (SSSR count). The predicted molar refractivity (Wildman–Crippen MR) is 93.0 cm³/mol. The molecule has 1 saturated heterocycles. The lowest BCUT2D eigenvalue weighted by Gasteiger charge is -2.35. The zero-order chi connectivity index (χ0) is 17.6. The fourth-order valence-electron chi connectivity index (χ4n) is 3.05. The van der Waals surface area contributed by atoms with Crippen LogP contribution in [0, 0.1) is 0 Å². The Bertz CT molecular complexity index is 696. The SMILES string of the molecule is CCOC[C@@H](O)CN1CCN(C(=O)Cn2nnc3ccccc32)CC1. The Labute approximate surface area is 147 Å². The highest BCUT2D eigenvalue weighted by atomic mass is 16.5. The van der Waals surface area contributed by atoms with Crippen LogP contribution in [0.1, 0.15) is 6.92 Å². The van der Waals surface area contributed by atoms with Gasteiger partial charge in [0.05, 0.1) is 18.2 Å². The Kier molecular flexibility index (Phi) is 5.95. The van der Waals surface area contributed by atoms with Crippen molar-refractivity contribution in [3.8, 4) is 0 Å². The minimum atomic E-state index is -0.483. The third kappa shape index (κ3) is 4.53. The minimum absolute atomic E-state index is 0.0465. The van der Waals surface area contributed by atoms with Crippen LogP contribution in [0.3, 0.4) is 0 Å². The summed E-state index contributed by atoms with van der Waals surface area (Å²) in [5.41, 5.74) is 1.66. The van der Waals surface area contributed by atoms with Crippen LogP contribution >= 0.6 is 0 Å². The topological polar surface area (TPSA) is 83.7 Å². The Balaban J connectivity index is 1.48. The number of piperazine rings is 1. The Hall–Kier alpha value is -2.03. The summed E-state index contributed by atoms with van der Waals surface area (Å²) in [6.45, 7) is 6.49. The van der Waals surface area contributed by atoms with E-state index < -0.39 is 6.10 Å². The smallest absolute Gasteiger partial charge is 0.244 e. The molecular weight excluding hydrogens is 322 g/mol. The normalized spacial score (nSPS) is 17.1. The van der Waals surface area contributed by atoms with E-state index in [9.17, 15) is 9.90 Å². The molecule has 1 aliphatic heterocycles. The molecule has 1 amide bonds. The Morgan fingerprint density at radius 2 is 2.04 bits per heavy atom. The van der Waals surface area contributed by atoms with E-state index in [1.165, 1.54) is 0 Å². The van der Waals surface area contributed by atoms with Crippen molar-refractivity contribution in [3.63, 3.8) is 0 Å². The highest BCUT2D eigenvalue weighted by Crippen LogP contribution is 2.11. The monoisotopic (exact) mass is 347 g/mol. The molecule has 1 aromatic carbocycles. The summed E-state index contributed by atoms with van der Waals surface area (Å²) < 4.78 is 6.88. The molecule has 0 unspecified atom stereocenters. The zero-order valence-corrected chi connectivity index (χ0v) is 14.5. The van der Waals surface area contributed by atoms with Gasteiger partial charge in [-0.05, 0) is 19.1 Å². The van der Waals surface area contributed by atoms with Gasteiger partial charge in [0.15, 0.2) is 0 Å². The predicted octanol–water partition coefficient (Wildman–Crippen LogP) is -0.0271. The van der Waals surface area contributed by atoms with Gasteiger partial charge in [0, 0.05) is 39.3 Å². The molecule has 136 valence electrons. The second-order valence-corrected chi connectivity index (χ2v) is 6.23. The summed E-state index contributed by atoms with van der Waals surface area (Å²) in [5.74, 6) is 0.0465. The summed E-state index contributed by atoms with van der Waals surface area (Å²) in [6, 6.07) is 7.62. The molecule has 2 aromatic rings. The molecule has 0 aliphatic carbocycles. The van der Waals surface area contributed by atoms with Gasteiger partial charge in [0.2, 0.25) is 5.91 Å². The van der Waals surface area contributed by atoms with Crippen molar-refractivity contribution in [2.75, 3.05) is 45.9 Å². The molecule has 8 heteroatoms. The van der Waals surface area contributed by atoms with Crippen LogP contribution < -0.4 is 0 Å². The van der Waals surface area contributed by atoms with Crippen molar-refractivity contribution in [2.45, 2.75) is 19.6 Å². The van der Waals surface area contributed by atoms with E-state index in [0.29, 0.717) is 32.8 Å². The van der Waals surface area contributed by atoms with Gasteiger partial charge >= 0.3 is 0 Å². The van der Waals surface area contributed by atoms with E-state index in [1.807, 2.05) is 36.1 Å². The number of hydrogen-bond acceptors (Lipinski definition) is 6. The first-order valence-corrected chi connectivity index (χ1v) is 8.71. The number of β-amino-alcohol motifs (C(OH)–C–C–N with tert-alkyl or cyclic N) is 1. The van der Waals surface area contributed by atoms with E-state index in [0.717, 1.165) is 24.1 Å². The van der Waals surface area contributed by atoms with Crippen LogP contribution in [0.5, 0.6) is 0 Å². The molecule has 1 aromatic heterocycles. The maximum Gasteiger partial charge on any atom is 0.244 e. The molecule has 0 bridgehead atoms. The maximum atomic E-state index is 12.5. The largest absolute Gasteiger partial charge is 0.389 e. The maximum absolute atomic E-state index is 12.5. The highest BCUT2D eigenvalue weighted by molar-refractivity contribution is 5.79. The highest BCUT2D eigenvalue weighted by Gasteiger charge is 2.23. The van der Waals surface area contributed by atoms with Gasteiger partial charge < -0.3 is 14.7 Å². The van der Waals surface area contributed by atoms with Crippen LogP contribution in [0.4, 0.5) is 0 Å². The standard InChI is InChI=1S/C17H25N5O3/c1-2-25-13-14(23)11-20-7-9-21(10-8-20)17(24)12-22-16-6-4-3-5-15(16)18-19-22/h3-6,14,23H,2,7-13H2,1H3/t14-/m0/s1. The number of aromatic nitrogens is 3. The zero-order valence-electron chi connectivity index (χ0n) is 14.5. The van der Waals surface area contributed by atoms with Crippen molar-refractivity contribution >= 4 is 16.9 Å². The van der Waals surface area contributed by atoms with Crippen LogP contribution in [-0.2, 0) is 16.1 Å². The van der Waals surface area contributed by atoms with Gasteiger partial charge in [-0.2, -0.15) is 0 Å². The van der Waals surface area contributed by atoms with Crippen LogP contribution in [-0.4, -0.2) is 87.8 Å². The molecule has 8 nitrogen and oxygen atoms in total. The van der Waals surface area contributed by atoms with Crippen molar-refractivity contribution in [1.82, 2.24) is 24.8 Å². The number of aliphatic hydroxyl groups is 1.